The summed E-state index contributed by atoms with van der Waals surface area (Å²) < 4.78 is 0. The van der Waals surface area contributed by atoms with E-state index in [-0.39, 0.29) is 11.5 Å². The second-order valence-corrected chi connectivity index (χ2v) is 8.03. The fourth-order valence-electron chi connectivity index (χ4n) is 4.12. The monoisotopic (exact) mass is 252 g/mol. The molecule has 0 heterocycles. The van der Waals surface area contributed by atoms with Gasteiger partial charge in [0.2, 0.25) is 0 Å². The second-order valence-electron chi connectivity index (χ2n) is 8.03. The first-order valence-corrected chi connectivity index (χ1v) is 7.40. The number of aliphatic hydroxyl groups excluding tert-OH is 1. The van der Waals surface area contributed by atoms with Gasteiger partial charge in [-0.25, -0.2) is 0 Å². The number of aliphatic hydroxyl groups is 1. The predicted molar refractivity (Wildman–Crippen MR) is 79.5 cm³/mol. The van der Waals surface area contributed by atoms with Crippen molar-refractivity contribution in [2.24, 2.45) is 22.7 Å². The van der Waals surface area contributed by atoms with Gasteiger partial charge in [-0.15, -0.1) is 0 Å². The van der Waals surface area contributed by atoms with Gasteiger partial charge in [0.05, 0.1) is 6.10 Å². The minimum atomic E-state index is -0.188. The van der Waals surface area contributed by atoms with E-state index in [1.807, 2.05) is 6.92 Å². The third-order valence-electron chi connectivity index (χ3n) is 4.50. The number of allylic oxidation sites excluding steroid dienone is 2. The van der Waals surface area contributed by atoms with E-state index in [1.165, 1.54) is 18.4 Å². The summed E-state index contributed by atoms with van der Waals surface area (Å²) in [5.74, 6) is 1.22. The molecule has 3 atom stereocenters. The zero-order chi connectivity index (χ0) is 14.1. The molecule has 106 valence electrons. The molecule has 0 bridgehead atoms. The summed E-state index contributed by atoms with van der Waals surface area (Å²) in [7, 11) is 0. The standard InChI is InChI=1S/C17H32O/c1-12-9-16(4,5)11-15(17(6,7)10-12)13(2)8-14(3)18/h10,13-15,18H,8-9,11H2,1-7H3. The molecule has 1 aliphatic carbocycles. The summed E-state index contributed by atoms with van der Waals surface area (Å²) in [5.41, 5.74) is 2.15. The molecule has 0 spiro atoms. The first-order chi connectivity index (χ1) is 8.03. The van der Waals surface area contributed by atoms with Crippen molar-refractivity contribution < 1.29 is 5.11 Å². The Morgan fingerprint density at radius 1 is 1.28 bits per heavy atom. The summed E-state index contributed by atoms with van der Waals surface area (Å²) >= 11 is 0. The van der Waals surface area contributed by atoms with Crippen molar-refractivity contribution in [2.75, 3.05) is 0 Å². The van der Waals surface area contributed by atoms with Crippen molar-refractivity contribution >= 4 is 0 Å². The quantitative estimate of drug-likeness (QED) is 0.715. The largest absolute Gasteiger partial charge is 0.393 e. The molecule has 0 radical (unpaired) electrons. The molecule has 18 heavy (non-hydrogen) atoms. The van der Waals surface area contributed by atoms with E-state index < -0.39 is 0 Å². The van der Waals surface area contributed by atoms with Crippen LogP contribution in [0.25, 0.3) is 0 Å². The summed E-state index contributed by atoms with van der Waals surface area (Å²) in [6.45, 7) is 16.0. The molecule has 0 saturated heterocycles. The van der Waals surface area contributed by atoms with E-state index >= 15 is 0 Å². The molecule has 1 nitrogen and oxygen atoms in total. The molecule has 3 unspecified atom stereocenters. The van der Waals surface area contributed by atoms with Crippen molar-refractivity contribution in [3.05, 3.63) is 11.6 Å². The van der Waals surface area contributed by atoms with Crippen LogP contribution < -0.4 is 0 Å². The maximum atomic E-state index is 9.66. The Labute approximate surface area is 114 Å². The second kappa shape index (κ2) is 5.36. The Balaban J connectivity index is 2.99. The van der Waals surface area contributed by atoms with Crippen molar-refractivity contribution in [1.82, 2.24) is 0 Å². The average Bonchev–Trinajstić information content (AvgIpc) is 2.17. The van der Waals surface area contributed by atoms with Crippen LogP contribution in [0, 0.1) is 22.7 Å². The van der Waals surface area contributed by atoms with E-state index in [4.69, 9.17) is 0 Å². The minimum absolute atomic E-state index is 0.188. The van der Waals surface area contributed by atoms with Gasteiger partial charge in [0.1, 0.15) is 0 Å². The highest BCUT2D eigenvalue weighted by molar-refractivity contribution is 5.13. The molecule has 0 aromatic heterocycles. The summed E-state index contributed by atoms with van der Waals surface area (Å²) in [4.78, 5) is 0. The van der Waals surface area contributed by atoms with E-state index in [1.54, 1.807) is 0 Å². The molecule has 1 rings (SSSR count). The van der Waals surface area contributed by atoms with Crippen LogP contribution in [0.4, 0.5) is 0 Å². The van der Waals surface area contributed by atoms with Crippen molar-refractivity contribution in [3.63, 3.8) is 0 Å². The van der Waals surface area contributed by atoms with Crippen molar-refractivity contribution in [3.8, 4) is 0 Å². The molecule has 0 aromatic carbocycles. The normalized spacial score (nSPS) is 30.2. The smallest absolute Gasteiger partial charge is 0.0514 e. The lowest BCUT2D eigenvalue weighted by atomic mass is 9.66. The van der Waals surface area contributed by atoms with Crippen molar-refractivity contribution in [2.45, 2.75) is 73.8 Å². The van der Waals surface area contributed by atoms with Crippen molar-refractivity contribution in [1.29, 1.82) is 0 Å². The third kappa shape index (κ3) is 4.12. The topological polar surface area (TPSA) is 20.2 Å². The van der Waals surface area contributed by atoms with Gasteiger partial charge in [0.25, 0.3) is 0 Å². The molecule has 0 aromatic rings. The first-order valence-electron chi connectivity index (χ1n) is 7.40. The van der Waals surface area contributed by atoms with Crippen LogP contribution in [-0.4, -0.2) is 11.2 Å². The number of hydrogen-bond donors (Lipinski definition) is 1. The predicted octanol–water partition coefficient (Wildman–Crippen LogP) is 4.80. The molecule has 0 fully saturated rings. The summed E-state index contributed by atoms with van der Waals surface area (Å²) in [5, 5.41) is 9.66. The van der Waals surface area contributed by atoms with Gasteiger partial charge in [0.15, 0.2) is 0 Å². The Bertz CT molecular complexity index is 310. The van der Waals surface area contributed by atoms with Gasteiger partial charge in [-0.2, -0.15) is 0 Å². The zero-order valence-corrected chi connectivity index (χ0v) is 13.4. The molecule has 0 aliphatic heterocycles. The van der Waals surface area contributed by atoms with Crippen LogP contribution in [0.3, 0.4) is 0 Å². The van der Waals surface area contributed by atoms with E-state index in [0.29, 0.717) is 17.3 Å². The maximum absolute atomic E-state index is 9.66. The van der Waals surface area contributed by atoms with Gasteiger partial charge < -0.3 is 5.11 Å². The van der Waals surface area contributed by atoms with E-state index in [9.17, 15) is 5.11 Å². The van der Waals surface area contributed by atoms with Crippen LogP contribution in [0.2, 0.25) is 0 Å². The fraction of sp³-hybridized carbons (Fsp3) is 0.882. The highest BCUT2D eigenvalue weighted by atomic mass is 16.3. The summed E-state index contributed by atoms with van der Waals surface area (Å²) in [6, 6.07) is 0. The Kier molecular flexibility index (Phi) is 4.70. The SMILES string of the molecule is CC1=CC(C)(C)C(C(C)CC(C)O)CC(C)(C)C1. The first kappa shape index (κ1) is 15.8. The molecule has 1 aliphatic rings. The van der Waals surface area contributed by atoms with Gasteiger partial charge in [0, 0.05) is 0 Å². The van der Waals surface area contributed by atoms with Gasteiger partial charge >= 0.3 is 0 Å². The van der Waals surface area contributed by atoms with Crippen LogP contribution >= 0.6 is 0 Å². The molecular weight excluding hydrogens is 220 g/mol. The number of rotatable bonds is 3. The Morgan fingerprint density at radius 2 is 1.83 bits per heavy atom. The lowest BCUT2D eigenvalue weighted by molar-refractivity contribution is 0.0870. The molecule has 1 N–H and O–H groups in total. The fourth-order valence-corrected chi connectivity index (χ4v) is 4.12. The molecular formula is C17H32O. The van der Waals surface area contributed by atoms with Gasteiger partial charge in [-0.1, -0.05) is 46.3 Å². The van der Waals surface area contributed by atoms with E-state index in [2.05, 4.69) is 47.6 Å². The third-order valence-corrected chi connectivity index (χ3v) is 4.50. The molecule has 0 amide bonds. The Hall–Kier alpha value is -0.300. The highest BCUT2D eigenvalue weighted by Crippen LogP contribution is 2.48. The summed E-state index contributed by atoms with van der Waals surface area (Å²) in [6.07, 6.45) is 5.66. The van der Waals surface area contributed by atoms with Crippen LogP contribution in [0.5, 0.6) is 0 Å². The minimum Gasteiger partial charge on any atom is -0.393 e. The van der Waals surface area contributed by atoms with E-state index in [0.717, 1.165) is 6.42 Å². The van der Waals surface area contributed by atoms with Gasteiger partial charge in [-0.05, 0) is 55.8 Å². The Morgan fingerprint density at radius 3 is 2.33 bits per heavy atom. The lowest BCUT2D eigenvalue weighted by Gasteiger charge is -2.39. The van der Waals surface area contributed by atoms with Crippen LogP contribution in [0.1, 0.15) is 67.7 Å². The highest BCUT2D eigenvalue weighted by Gasteiger charge is 2.39. The molecule has 1 heteroatoms. The lowest BCUT2D eigenvalue weighted by Crippen LogP contribution is -2.32. The number of hydrogen-bond acceptors (Lipinski definition) is 1. The molecule has 0 saturated carbocycles. The maximum Gasteiger partial charge on any atom is 0.0514 e. The average molecular weight is 252 g/mol. The van der Waals surface area contributed by atoms with Crippen LogP contribution in [0.15, 0.2) is 11.6 Å². The van der Waals surface area contributed by atoms with Gasteiger partial charge in [-0.3, -0.25) is 0 Å². The zero-order valence-electron chi connectivity index (χ0n) is 13.4. The van der Waals surface area contributed by atoms with Crippen LogP contribution in [-0.2, 0) is 0 Å².